The van der Waals surface area contributed by atoms with E-state index < -0.39 is 0 Å². The van der Waals surface area contributed by atoms with Crippen LogP contribution in [0.1, 0.15) is 42.5 Å². The van der Waals surface area contributed by atoms with E-state index >= 15 is 0 Å². The summed E-state index contributed by atoms with van der Waals surface area (Å²) in [6.07, 6.45) is 6.49. The molecule has 27 heavy (non-hydrogen) atoms. The van der Waals surface area contributed by atoms with Gasteiger partial charge < -0.3 is 0 Å². The lowest BCUT2D eigenvalue weighted by molar-refractivity contribution is -0.120. The van der Waals surface area contributed by atoms with Crippen molar-refractivity contribution in [2.24, 2.45) is 0 Å². The summed E-state index contributed by atoms with van der Waals surface area (Å²) in [5.74, 6) is 0.339. The van der Waals surface area contributed by atoms with Crippen LogP contribution in [0.15, 0.2) is 72.9 Å². The molecule has 0 radical (unpaired) electrons. The lowest BCUT2D eigenvalue weighted by Gasteiger charge is -2.42. The zero-order chi connectivity index (χ0) is 18.7. The first kappa shape index (κ1) is 17.7. The molecule has 0 bridgehead atoms. The van der Waals surface area contributed by atoms with Gasteiger partial charge in [-0.25, -0.2) is 0 Å². The van der Waals surface area contributed by atoms with Crippen LogP contribution in [0.25, 0.3) is 11.1 Å². The highest BCUT2D eigenvalue weighted by molar-refractivity contribution is 5.82. The molecule has 1 saturated carbocycles. The Balaban J connectivity index is 1.44. The fourth-order valence-corrected chi connectivity index (χ4v) is 4.17. The van der Waals surface area contributed by atoms with Gasteiger partial charge >= 0.3 is 0 Å². The van der Waals surface area contributed by atoms with E-state index in [4.69, 9.17) is 0 Å². The summed E-state index contributed by atoms with van der Waals surface area (Å²) in [5.41, 5.74) is 5.84. The molecule has 0 amide bonds. The van der Waals surface area contributed by atoms with E-state index in [1.54, 1.807) is 0 Å². The van der Waals surface area contributed by atoms with E-state index in [2.05, 4.69) is 59.6 Å². The highest BCUT2D eigenvalue weighted by Gasteiger charge is 2.39. The van der Waals surface area contributed by atoms with E-state index in [1.807, 2.05) is 25.3 Å². The van der Waals surface area contributed by atoms with Gasteiger partial charge in [-0.15, -0.1) is 0 Å². The summed E-state index contributed by atoms with van der Waals surface area (Å²) in [4.78, 5) is 17.0. The molecule has 0 aliphatic heterocycles. The van der Waals surface area contributed by atoms with Gasteiger partial charge in [0, 0.05) is 30.1 Å². The lowest BCUT2D eigenvalue weighted by Crippen LogP contribution is -2.36. The van der Waals surface area contributed by atoms with Crippen molar-refractivity contribution in [1.82, 2.24) is 4.98 Å². The van der Waals surface area contributed by atoms with Crippen molar-refractivity contribution in [2.45, 2.75) is 44.4 Å². The number of ketones is 1. The minimum atomic E-state index is 0.0762. The number of hydrogen-bond donors (Lipinski definition) is 0. The maximum absolute atomic E-state index is 12.8. The number of nitrogens with zero attached hydrogens (tertiary/aromatic N) is 1. The summed E-state index contributed by atoms with van der Waals surface area (Å²) < 4.78 is 0. The smallest absolute Gasteiger partial charge is 0.138 e. The first-order valence-corrected chi connectivity index (χ1v) is 9.74. The van der Waals surface area contributed by atoms with Crippen LogP contribution < -0.4 is 0 Å². The van der Waals surface area contributed by atoms with Crippen molar-refractivity contribution < 1.29 is 4.79 Å². The zero-order valence-corrected chi connectivity index (χ0v) is 15.8. The Hall–Kier alpha value is -2.74. The highest BCUT2D eigenvalue weighted by Crippen LogP contribution is 2.46. The van der Waals surface area contributed by atoms with Crippen LogP contribution in [0, 0.1) is 6.92 Å². The third kappa shape index (κ3) is 3.85. The van der Waals surface area contributed by atoms with E-state index in [0.717, 1.165) is 35.2 Å². The van der Waals surface area contributed by atoms with Gasteiger partial charge in [0.15, 0.2) is 0 Å². The number of aryl methyl sites for hydroxylation is 1. The Bertz CT molecular complexity index is 924. The van der Waals surface area contributed by atoms with Crippen molar-refractivity contribution in [3.8, 4) is 11.1 Å². The number of rotatable bonds is 6. The number of carbonyl (C=O) groups is 1. The van der Waals surface area contributed by atoms with Gasteiger partial charge in [-0.2, -0.15) is 0 Å². The summed E-state index contributed by atoms with van der Waals surface area (Å²) in [5, 5.41) is 0. The van der Waals surface area contributed by atoms with E-state index in [0.29, 0.717) is 18.6 Å². The first-order valence-electron chi connectivity index (χ1n) is 9.74. The van der Waals surface area contributed by atoms with Crippen LogP contribution >= 0.6 is 0 Å². The Morgan fingerprint density at radius 2 is 1.70 bits per heavy atom. The monoisotopic (exact) mass is 355 g/mol. The molecule has 0 saturated heterocycles. The Labute approximate surface area is 161 Å². The normalized spacial score (nSPS) is 15.1. The van der Waals surface area contributed by atoms with E-state index in [9.17, 15) is 4.79 Å². The molecule has 0 atom stereocenters. The van der Waals surface area contributed by atoms with Crippen molar-refractivity contribution in [1.29, 1.82) is 0 Å². The van der Waals surface area contributed by atoms with Crippen LogP contribution in [-0.2, 0) is 16.6 Å². The van der Waals surface area contributed by atoms with Crippen LogP contribution in [-0.4, -0.2) is 10.8 Å². The summed E-state index contributed by atoms with van der Waals surface area (Å²) in [6.45, 7) is 2.00. The predicted octanol–water partition coefficient (Wildman–Crippen LogP) is 5.68. The predicted molar refractivity (Wildman–Crippen MR) is 110 cm³/mol. The minimum Gasteiger partial charge on any atom is -0.299 e. The fourth-order valence-electron chi connectivity index (χ4n) is 4.17. The summed E-state index contributed by atoms with van der Waals surface area (Å²) >= 11 is 0. The minimum absolute atomic E-state index is 0.0762. The molecule has 3 aromatic rings. The Morgan fingerprint density at radius 3 is 2.33 bits per heavy atom. The van der Waals surface area contributed by atoms with E-state index in [1.165, 1.54) is 12.0 Å². The third-order valence-electron chi connectivity index (χ3n) is 5.82. The lowest BCUT2D eigenvalue weighted by atomic mass is 9.61. The Kier molecular flexibility index (Phi) is 4.89. The number of aromatic nitrogens is 1. The highest BCUT2D eigenvalue weighted by atomic mass is 16.1. The molecular formula is C25H25NO. The number of pyridine rings is 1. The SMILES string of the molecule is Cc1cc(-c2ccc(CC(=O)CC3(c4ccccc4)CCC3)cc2)ccn1. The second-order valence-corrected chi connectivity index (χ2v) is 7.77. The molecular weight excluding hydrogens is 330 g/mol. The number of Topliss-reactive ketones (excluding diaryl/α,β-unsaturated/α-hetero) is 1. The molecule has 0 unspecified atom stereocenters. The third-order valence-corrected chi connectivity index (χ3v) is 5.82. The second-order valence-electron chi connectivity index (χ2n) is 7.77. The van der Waals surface area contributed by atoms with Gasteiger partial charge in [0.05, 0.1) is 0 Å². The van der Waals surface area contributed by atoms with Crippen LogP contribution in [0.5, 0.6) is 0 Å². The summed E-state index contributed by atoms with van der Waals surface area (Å²) in [6, 6.07) is 23.0. The quantitative estimate of drug-likeness (QED) is 0.569. The molecule has 4 rings (SSSR count). The van der Waals surface area contributed by atoms with Gasteiger partial charge in [0.25, 0.3) is 0 Å². The second kappa shape index (κ2) is 7.48. The topological polar surface area (TPSA) is 30.0 Å². The van der Waals surface area contributed by atoms with Crippen LogP contribution in [0.2, 0.25) is 0 Å². The van der Waals surface area contributed by atoms with Crippen LogP contribution in [0.4, 0.5) is 0 Å². The Morgan fingerprint density at radius 1 is 0.963 bits per heavy atom. The van der Waals surface area contributed by atoms with Gasteiger partial charge in [-0.1, -0.05) is 61.0 Å². The van der Waals surface area contributed by atoms with Crippen LogP contribution in [0.3, 0.4) is 0 Å². The molecule has 0 N–H and O–H groups in total. The number of carbonyl (C=O) groups excluding carboxylic acids is 1. The molecule has 2 heteroatoms. The number of hydrogen-bond acceptors (Lipinski definition) is 2. The maximum Gasteiger partial charge on any atom is 0.138 e. The van der Waals surface area contributed by atoms with E-state index in [-0.39, 0.29) is 5.41 Å². The maximum atomic E-state index is 12.8. The van der Waals surface area contributed by atoms with Gasteiger partial charge in [-0.05, 0) is 54.2 Å². The van der Waals surface area contributed by atoms with Crippen molar-refractivity contribution in [3.05, 3.63) is 89.7 Å². The molecule has 1 aromatic heterocycles. The fraction of sp³-hybridized carbons (Fsp3) is 0.280. The molecule has 136 valence electrons. The molecule has 1 fully saturated rings. The van der Waals surface area contributed by atoms with Crippen molar-refractivity contribution in [2.75, 3.05) is 0 Å². The molecule has 1 aliphatic carbocycles. The first-order chi connectivity index (χ1) is 13.1. The molecule has 0 spiro atoms. The largest absolute Gasteiger partial charge is 0.299 e. The van der Waals surface area contributed by atoms with Gasteiger partial charge in [0.2, 0.25) is 0 Å². The molecule has 1 heterocycles. The zero-order valence-electron chi connectivity index (χ0n) is 15.8. The molecule has 2 aromatic carbocycles. The average molecular weight is 355 g/mol. The van der Waals surface area contributed by atoms with Gasteiger partial charge in [0.1, 0.15) is 5.78 Å². The van der Waals surface area contributed by atoms with Gasteiger partial charge in [-0.3, -0.25) is 9.78 Å². The van der Waals surface area contributed by atoms with Crippen molar-refractivity contribution >= 4 is 5.78 Å². The molecule has 2 nitrogen and oxygen atoms in total. The van der Waals surface area contributed by atoms with Crippen molar-refractivity contribution in [3.63, 3.8) is 0 Å². The standard InChI is InChI=1S/C25H25NO/c1-19-16-22(12-15-26-19)21-10-8-20(9-11-21)17-24(27)18-25(13-5-14-25)23-6-3-2-4-7-23/h2-4,6-12,15-16H,5,13-14,17-18H2,1H3. The molecule has 1 aliphatic rings. The summed E-state index contributed by atoms with van der Waals surface area (Å²) in [7, 11) is 0. The average Bonchev–Trinajstić information content (AvgIpc) is 2.66. The number of benzene rings is 2.